The molecule has 0 radical (unpaired) electrons. The van der Waals surface area contributed by atoms with Crippen molar-refractivity contribution in [3.05, 3.63) is 111 Å². The number of para-hydroxylation sites is 2. The van der Waals surface area contributed by atoms with E-state index in [-0.39, 0.29) is 23.1 Å². The number of phenols is 1. The minimum atomic E-state index is -1.59. The highest BCUT2D eigenvalue weighted by molar-refractivity contribution is 5.88. The number of amides is 1. The molecule has 2 aromatic heterocycles. The molecule has 2 heterocycles. The van der Waals surface area contributed by atoms with Crippen molar-refractivity contribution < 1.29 is 19.8 Å². The van der Waals surface area contributed by atoms with Crippen LogP contribution in [0.4, 0.5) is 0 Å². The molecule has 0 aliphatic heterocycles. The van der Waals surface area contributed by atoms with Crippen molar-refractivity contribution in [3.63, 3.8) is 0 Å². The summed E-state index contributed by atoms with van der Waals surface area (Å²) in [6, 6.07) is 16.0. The van der Waals surface area contributed by atoms with Crippen molar-refractivity contribution >= 4 is 33.7 Å². The number of aromatic nitrogens is 3. The van der Waals surface area contributed by atoms with Crippen LogP contribution >= 0.6 is 0 Å². The Balaban J connectivity index is 1.62. The minimum Gasteiger partial charge on any atom is -0.548 e. The molecule has 4 N–H and O–H groups in total. The zero-order valence-electron chi connectivity index (χ0n) is 19.3. The molecule has 1 amide bonds. The Bertz CT molecular complexity index is 1750. The lowest BCUT2D eigenvalue weighted by atomic mass is 10.0. The van der Waals surface area contributed by atoms with Crippen LogP contribution in [0, 0.1) is 0 Å². The molecule has 2 atom stereocenters. The summed E-state index contributed by atoms with van der Waals surface area (Å²) < 4.78 is 0.808. The summed E-state index contributed by atoms with van der Waals surface area (Å²) >= 11 is 0. The number of nitrogens with one attached hydrogen (secondary N) is 3. The summed E-state index contributed by atoms with van der Waals surface area (Å²) in [4.78, 5) is 57.8. The van der Waals surface area contributed by atoms with E-state index in [0.29, 0.717) is 11.1 Å². The largest absolute Gasteiger partial charge is 0.548 e. The number of hydrogen-bond donors (Lipinski definition) is 4. The molecule has 37 heavy (non-hydrogen) atoms. The first-order valence-corrected chi connectivity index (χ1v) is 11.4. The van der Waals surface area contributed by atoms with Gasteiger partial charge in [-0.1, -0.05) is 42.5 Å². The number of aromatic amines is 2. The number of fused-ring (bicyclic) bond motifs is 2. The van der Waals surface area contributed by atoms with Crippen molar-refractivity contribution in [2.75, 3.05) is 0 Å². The molecule has 186 valence electrons. The molecule has 10 heteroatoms. The van der Waals surface area contributed by atoms with E-state index in [0.717, 1.165) is 15.5 Å². The molecule has 0 fully saturated rings. The zero-order valence-corrected chi connectivity index (χ0v) is 19.3. The van der Waals surface area contributed by atoms with Gasteiger partial charge in [0.15, 0.2) is 0 Å². The second kappa shape index (κ2) is 9.50. The van der Waals surface area contributed by atoms with Gasteiger partial charge in [-0.25, -0.2) is 9.36 Å². The van der Waals surface area contributed by atoms with E-state index < -0.39 is 35.2 Å². The number of carboxylic acids is 1. The first-order chi connectivity index (χ1) is 17.8. The number of phenolic OH excluding ortho intramolecular Hbond substituents is 1. The van der Waals surface area contributed by atoms with Gasteiger partial charge in [-0.3, -0.25) is 9.59 Å². The second-order valence-corrected chi connectivity index (χ2v) is 8.58. The number of H-pyrrole nitrogens is 2. The predicted octanol–water partition coefficient (Wildman–Crippen LogP) is 1.27. The summed E-state index contributed by atoms with van der Waals surface area (Å²) in [6.07, 6.45) is 1.61. The normalized spacial score (nSPS) is 12.9. The molecular weight excluding hydrogens is 476 g/mol. The first-order valence-electron chi connectivity index (χ1n) is 11.4. The van der Waals surface area contributed by atoms with E-state index in [1.54, 1.807) is 24.4 Å². The van der Waals surface area contributed by atoms with Gasteiger partial charge in [0.2, 0.25) is 5.91 Å². The number of hydrogen-bond acceptors (Lipinski definition) is 6. The number of rotatable bonds is 7. The molecule has 3 aromatic carbocycles. The topological polar surface area (TPSA) is 160 Å². The van der Waals surface area contributed by atoms with Crippen LogP contribution in [0.1, 0.15) is 23.2 Å². The molecule has 0 saturated heterocycles. The van der Waals surface area contributed by atoms with Crippen LogP contribution < -0.4 is 21.7 Å². The lowest BCUT2D eigenvalue weighted by Gasteiger charge is -2.25. The molecule has 0 bridgehead atoms. The number of nitrogens with zero attached hydrogens (tertiary/aromatic N) is 1. The Morgan fingerprint density at radius 3 is 2.27 bits per heavy atom. The third kappa shape index (κ3) is 4.47. The maximum Gasteiger partial charge on any atom is 0.329 e. The highest BCUT2D eigenvalue weighted by atomic mass is 16.4. The molecule has 5 aromatic rings. The van der Waals surface area contributed by atoms with E-state index in [1.165, 1.54) is 30.3 Å². The van der Waals surface area contributed by atoms with Crippen molar-refractivity contribution in [1.82, 2.24) is 19.9 Å². The highest BCUT2D eigenvalue weighted by Crippen LogP contribution is 2.24. The fraction of sp³-hybridized carbons (Fsp3) is 0.111. The Kier molecular flexibility index (Phi) is 6.06. The van der Waals surface area contributed by atoms with Crippen molar-refractivity contribution in [2.24, 2.45) is 0 Å². The van der Waals surface area contributed by atoms with Gasteiger partial charge in [0, 0.05) is 23.5 Å². The SMILES string of the molecule is O=C([O-])[C@H](NC(=O)[C@H](Cc1c[nH]c2ccccc12)n1c(=O)[nH]c2ccccc2c1=O)c1ccc(O)cc1. The summed E-state index contributed by atoms with van der Waals surface area (Å²) in [7, 11) is 0. The predicted molar refractivity (Wildman–Crippen MR) is 134 cm³/mol. The van der Waals surface area contributed by atoms with Gasteiger partial charge >= 0.3 is 5.69 Å². The van der Waals surface area contributed by atoms with E-state index in [2.05, 4.69) is 15.3 Å². The zero-order chi connectivity index (χ0) is 26.1. The van der Waals surface area contributed by atoms with Crippen LogP contribution in [-0.4, -0.2) is 31.5 Å². The molecule has 0 unspecified atom stereocenters. The lowest BCUT2D eigenvalue weighted by Crippen LogP contribution is -2.48. The molecule has 0 aliphatic rings. The average Bonchev–Trinajstić information content (AvgIpc) is 3.30. The van der Waals surface area contributed by atoms with Gasteiger partial charge in [-0.15, -0.1) is 0 Å². The van der Waals surface area contributed by atoms with Gasteiger partial charge in [-0.2, -0.15) is 0 Å². The summed E-state index contributed by atoms with van der Waals surface area (Å²) in [5.41, 5.74) is 0.429. The molecular formula is C27H21N4O6-. The van der Waals surface area contributed by atoms with E-state index in [4.69, 9.17) is 0 Å². The van der Waals surface area contributed by atoms with Crippen LogP contribution in [0.3, 0.4) is 0 Å². The van der Waals surface area contributed by atoms with Gasteiger partial charge in [0.1, 0.15) is 11.8 Å². The van der Waals surface area contributed by atoms with E-state index in [1.807, 2.05) is 24.3 Å². The molecule has 0 spiro atoms. The van der Waals surface area contributed by atoms with Crippen LogP contribution in [0.2, 0.25) is 0 Å². The first kappa shape index (κ1) is 23.6. The van der Waals surface area contributed by atoms with Crippen LogP contribution in [-0.2, 0) is 16.0 Å². The van der Waals surface area contributed by atoms with Crippen LogP contribution in [0.5, 0.6) is 5.75 Å². The average molecular weight is 497 g/mol. The number of carboxylic acid groups (broad SMARTS) is 1. The number of aliphatic carboxylic acids is 1. The second-order valence-electron chi connectivity index (χ2n) is 8.58. The quantitative estimate of drug-likeness (QED) is 0.265. The Morgan fingerprint density at radius 2 is 1.57 bits per heavy atom. The minimum absolute atomic E-state index is 0.0769. The third-order valence-electron chi connectivity index (χ3n) is 6.29. The monoisotopic (exact) mass is 497 g/mol. The number of carbonyl (C=O) groups excluding carboxylic acids is 2. The van der Waals surface area contributed by atoms with E-state index in [9.17, 15) is 29.4 Å². The molecule has 0 aliphatic carbocycles. The molecule has 10 nitrogen and oxygen atoms in total. The van der Waals surface area contributed by atoms with Crippen molar-refractivity contribution in [2.45, 2.75) is 18.5 Å². The smallest absolute Gasteiger partial charge is 0.329 e. The highest BCUT2D eigenvalue weighted by Gasteiger charge is 2.29. The number of aromatic hydroxyl groups is 1. The van der Waals surface area contributed by atoms with Gasteiger partial charge in [-0.05, 0) is 41.5 Å². The van der Waals surface area contributed by atoms with Gasteiger partial charge in [0.25, 0.3) is 5.56 Å². The fourth-order valence-corrected chi connectivity index (χ4v) is 4.45. The Hall–Kier alpha value is -5.12. The Morgan fingerprint density at radius 1 is 0.919 bits per heavy atom. The maximum absolute atomic E-state index is 13.6. The fourth-order valence-electron chi connectivity index (χ4n) is 4.45. The van der Waals surface area contributed by atoms with Crippen LogP contribution in [0.25, 0.3) is 21.8 Å². The van der Waals surface area contributed by atoms with Crippen molar-refractivity contribution in [1.29, 1.82) is 0 Å². The lowest BCUT2D eigenvalue weighted by molar-refractivity contribution is -0.308. The Labute approximate surface area is 208 Å². The molecule has 5 rings (SSSR count). The van der Waals surface area contributed by atoms with Crippen molar-refractivity contribution in [3.8, 4) is 5.75 Å². The summed E-state index contributed by atoms with van der Waals surface area (Å²) in [5, 5.41) is 24.9. The summed E-state index contributed by atoms with van der Waals surface area (Å²) in [5.74, 6) is -2.54. The van der Waals surface area contributed by atoms with E-state index >= 15 is 0 Å². The maximum atomic E-state index is 13.6. The standard InChI is InChI=1S/C27H22N4O6/c32-17-11-9-15(10-12-17)23(26(35)36)30-24(33)22(13-16-14-28-20-7-3-1-5-18(16)20)31-25(34)19-6-2-4-8-21(19)29-27(31)37/h1-12,14,22-23,28,32H,13H2,(H,29,37)(H,30,33)(H,35,36)/p-1/t22-,23+/m0/s1. The molecule has 0 saturated carbocycles. The summed E-state index contributed by atoms with van der Waals surface area (Å²) in [6.45, 7) is 0. The van der Waals surface area contributed by atoms with Gasteiger partial charge < -0.3 is 30.3 Å². The number of benzene rings is 3. The van der Waals surface area contributed by atoms with Gasteiger partial charge in [0.05, 0.1) is 22.9 Å². The number of carbonyl (C=O) groups is 2. The van der Waals surface area contributed by atoms with Crippen LogP contribution in [0.15, 0.2) is 88.6 Å². The third-order valence-corrected chi connectivity index (χ3v) is 6.29.